The van der Waals surface area contributed by atoms with Crippen LogP contribution in [0, 0.1) is 0 Å². The Kier molecular flexibility index (Phi) is 4.21. The van der Waals surface area contributed by atoms with Crippen LogP contribution in [0.5, 0.6) is 0 Å². The van der Waals surface area contributed by atoms with Crippen molar-refractivity contribution in [3.63, 3.8) is 0 Å². The van der Waals surface area contributed by atoms with Gasteiger partial charge in [-0.1, -0.05) is 72.8 Å². The second kappa shape index (κ2) is 7.35. The summed E-state index contributed by atoms with van der Waals surface area (Å²) in [5.41, 5.74) is 4.89. The highest BCUT2D eigenvalue weighted by Crippen LogP contribution is 2.47. The van der Waals surface area contributed by atoms with Crippen molar-refractivity contribution in [1.82, 2.24) is 19.5 Å². The van der Waals surface area contributed by atoms with Crippen molar-refractivity contribution in [2.45, 2.75) is 0 Å². The Morgan fingerprint density at radius 1 is 0.625 bits per heavy atom. The smallest absolute Gasteiger partial charge is 0.238 e. The minimum atomic E-state index is 0.583. The average Bonchev–Trinajstić information content (AvgIpc) is 3.23. The van der Waals surface area contributed by atoms with Crippen LogP contribution < -0.4 is 10.2 Å². The maximum absolute atomic E-state index is 4.93. The second-order valence-corrected chi connectivity index (χ2v) is 7.65. The maximum atomic E-state index is 4.93. The molecular formula is C26H20N6. The van der Waals surface area contributed by atoms with Crippen LogP contribution >= 0.6 is 0 Å². The lowest BCUT2D eigenvalue weighted by molar-refractivity contribution is 0.930. The standard InChI is InChI=1S/C26H20N6/c1-31-17-16-22-25(31)27-20-14-8-9-15-21(20)32(22)26-29-23(18-10-4-2-5-11-18)28-24(30-26)19-12-6-3-7-13-19/h2-17,27H,1H3. The predicted octanol–water partition coefficient (Wildman–Crippen LogP) is 6.07. The first-order valence-electron chi connectivity index (χ1n) is 10.5. The first-order valence-corrected chi connectivity index (χ1v) is 10.5. The van der Waals surface area contributed by atoms with E-state index in [2.05, 4.69) is 33.0 Å². The fourth-order valence-electron chi connectivity index (χ4n) is 3.99. The van der Waals surface area contributed by atoms with E-state index in [-0.39, 0.29) is 0 Å². The molecule has 0 bridgehead atoms. The Bertz CT molecular complexity index is 1350. The quantitative estimate of drug-likeness (QED) is 0.379. The lowest BCUT2D eigenvalue weighted by Gasteiger charge is -2.31. The fourth-order valence-corrected chi connectivity index (χ4v) is 3.99. The van der Waals surface area contributed by atoms with Gasteiger partial charge in [0.2, 0.25) is 5.95 Å². The van der Waals surface area contributed by atoms with Crippen LogP contribution in [0.4, 0.5) is 28.8 Å². The SMILES string of the molecule is Cn1ccc2c1Nc1ccccc1N2c1nc(-c2ccccc2)nc(-c2ccccc2)n1. The summed E-state index contributed by atoms with van der Waals surface area (Å²) >= 11 is 0. The van der Waals surface area contributed by atoms with Gasteiger partial charge in [0.05, 0.1) is 17.1 Å². The molecule has 6 heteroatoms. The van der Waals surface area contributed by atoms with E-state index in [1.165, 1.54) is 0 Å². The average molecular weight is 416 g/mol. The van der Waals surface area contributed by atoms with Crippen LogP contribution in [0.15, 0.2) is 97.2 Å². The highest BCUT2D eigenvalue weighted by atomic mass is 15.3. The number of anilines is 5. The van der Waals surface area contributed by atoms with Crippen LogP contribution in [-0.4, -0.2) is 19.5 Å². The van der Waals surface area contributed by atoms with Gasteiger partial charge in [-0.2, -0.15) is 9.97 Å². The predicted molar refractivity (Wildman–Crippen MR) is 128 cm³/mol. The number of hydrogen-bond donors (Lipinski definition) is 1. The number of fused-ring (bicyclic) bond motifs is 2. The summed E-state index contributed by atoms with van der Waals surface area (Å²) in [4.78, 5) is 16.8. The van der Waals surface area contributed by atoms with Crippen molar-refractivity contribution in [2.24, 2.45) is 7.05 Å². The summed E-state index contributed by atoms with van der Waals surface area (Å²) in [6.07, 6.45) is 2.04. The third-order valence-electron chi connectivity index (χ3n) is 5.58. The van der Waals surface area contributed by atoms with Crippen LogP contribution in [0.2, 0.25) is 0 Å². The van der Waals surface area contributed by atoms with E-state index in [4.69, 9.17) is 15.0 Å². The Morgan fingerprint density at radius 3 is 1.88 bits per heavy atom. The van der Waals surface area contributed by atoms with Crippen LogP contribution in [0.3, 0.4) is 0 Å². The van der Waals surface area contributed by atoms with E-state index in [0.29, 0.717) is 17.6 Å². The molecule has 2 aromatic heterocycles. The molecule has 32 heavy (non-hydrogen) atoms. The van der Waals surface area contributed by atoms with Crippen molar-refractivity contribution in [1.29, 1.82) is 0 Å². The molecule has 0 radical (unpaired) electrons. The van der Waals surface area contributed by atoms with Gasteiger partial charge in [-0.15, -0.1) is 0 Å². The molecule has 1 aliphatic heterocycles. The number of benzene rings is 3. The molecule has 0 spiro atoms. The molecule has 3 aromatic carbocycles. The number of nitrogens with one attached hydrogen (secondary N) is 1. The molecule has 6 nitrogen and oxygen atoms in total. The van der Waals surface area contributed by atoms with Gasteiger partial charge in [-0.25, -0.2) is 4.98 Å². The molecule has 0 aliphatic carbocycles. The van der Waals surface area contributed by atoms with Gasteiger partial charge in [0, 0.05) is 24.4 Å². The Morgan fingerprint density at radius 2 is 1.22 bits per heavy atom. The van der Waals surface area contributed by atoms with Crippen molar-refractivity contribution < 1.29 is 0 Å². The number of aryl methyl sites for hydroxylation is 1. The lowest BCUT2D eigenvalue weighted by Crippen LogP contribution is -2.20. The van der Waals surface area contributed by atoms with Gasteiger partial charge >= 0.3 is 0 Å². The molecule has 0 saturated carbocycles. The van der Waals surface area contributed by atoms with Gasteiger partial charge in [0.15, 0.2) is 11.6 Å². The molecule has 0 saturated heterocycles. The fraction of sp³-hybridized carbons (Fsp3) is 0.0385. The van der Waals surface area contributed by atoms with E-state index in [1.807, 2.05) is 86.0 Å². The minimum Gasteiger partial charge on any atom is -0.338 e. The molecule has 0 atom stereocenters. The Labute approximate surface area is 185 Å². The van der Waals surface area contributed by atoms with Gasteiger partial charge < -0.3 is 9.88 Å². The summed E-state index contributed by atoms with van der Waals surface area (Å²) in [5, 5.41) is 3.53. The lowest BCUT2D eigenvalue weighted by atomic mass is 10.1. The van der Waals surface area contributed by atoms with Crippen LogP contribution in [-0.2, 0) is 7.05 Å². The summed E-state index contributed by atoms with van der Waals surface area (Å²) in [5.74, 6) is 2.86. The summed E-state index contributed by atoms with van der Waals surface area (Å²) in [6, 6.07) is 30.3. The van der Waals surface area contributed by atoms with Crippen LogP contribution in [0.1, 0.15) is 0 Å². The zero-order chi connectivity index (χ0) is 21.5. The molecule has 6 rings (SSSR count). The first kappa shape index (κ1) is 18.3. The third-order valence-corrected chi connectivity index (χ3v) is 5.58. The normalized spacial score (nSPS) is 12.1. The minimum absolute atomic E-state index is 0.583. The van der Waals surface area contributed by atoms with Crippen molar-refractivity contribution in [3.05, 3.63) is 97.2 Å². The van der Waals surface area contributed by atoms with E-state index >= 15 is 0 Å². The Hall–Kier alpha value is -4.45. The highest BCUT2D eigenvalue weighted by molar-refractivity contribution is 5.94. The molecule has 154 valence electrons. The summed E-state index contributed by atoms with van der Waals surface area (Å²) in [6.45, 7) is 0. The van der Waals surface area contributed by atoms with Crippen molar-refractivity contribution >= 4 is 28.8 Å². The second-order valence-electron chi connectivity index (χ2n) is 7.65. The molecule has 1 N–H and O–H groups in total. The zero-order valence-electron chi connectivity index (χ0n) is 17.5. The largest absolute Gasteiger partial charge is 0.338 e. The monoisotopic (exact) mass is 416 g/mol. The number of nitrogens with zero attached hydrogens (tertiary/aromatic N) is 5. The van der Waals surface area contributed by atoms with Crippen molar-refractivity contribution in [2.75, 3.05) is 10.2 Å². The van der Waals surface area contributed by atoms with Gasteiger partial charge in [0.25, 0.3) is 0 Å². The molecule has 5 aromatic rings. The van der Waals surface area contributed by atoms with E-state index in [9.17, 15) is 0 Å². The van der Waals surface area contributed by atoms with E-state index in [0.717, 1.165) is 34.0 Å². The Balaban J connectivity index is 1.61. The highest BCUT2D eigenvalue weighted by Gasteiger charge is 2.28. The van der Waals surface area contributed by atoms with E-state index < -0.39 is 0 Å². The van der Waals surface area contributed by atoms with Gasteiger partial charge in [0.1, 0.15) is 5.82 Å². The molecule has 0 fully saturated rings. The number of aromatic nitrogens is 4. The first-order chi connectivity index (χ1) is 15.8. The van der Waals surface area contributed by atoms with Gasteiger partial charge in [-0.05, 0) is 18.2 Å². The molecule has 3 heterocycles. The maximum Gasteiger partial charge on any atom is 0.238 e. The topological polar surface area (TPSA) is 58.9 Å². The number of para-hydroxylation sites is 2. The molecule has 1 aliphatic rings. The van der Waals surface area contributed by atoms with Crippen molar-refractivity contribution in [3.8, 4) is 22.8 Å². The molecular weight excluding hydrogens is 396 g/mol. The number of rotatable bonds is 3. The zero-order valence-corrected chi connectivity index (χ0v) is 17.5. The summed E-state index contributed by atoms with van der Waals surface area (Å²) in [7, 11) is 2.02. The third kappa shape index (κ3) is 3.01. The molecule has 0 unspecified atom stereocenters. The van der Waals surface area contributed by atoms with E-state index in [1.54, 1.807) is 0 Å². The van der Waals surface area contributed by atoms with Crippen LogP contribution in [0.25, 0.3) is 22.8 Å². The summed E-state index contributed by atoms with van der Waals surface area (Å²) < 4.78 is 2.07. The number of hydrogen-bond acceptors (Lipinski definition) is 5. The van der Waals surface area contributed by atoms with Gasteiger partial charge in [-0.3, -0.25) is 4.90 Å². The molecule has 0 amide bonds.